The van der Waals surface area contributed by atoms with Gasteiger partial charge in [-0.15, -0.1) is 0 Å². The minimum Gasteiger partial charge on any atom is -0.489 e. The van der Waals surface area contributed by atoms with Crippen LogP contribution >= 0.6 is 0 Å². The van der Waals surface area contributed by atoms with E-state index in [1.165, 1.54) is 44.5 Å². The highest BCUT2D eigenvalue weighted by Crippen LogP contribution is 2.50. The van der Waals surface area contributed by atoms with Crippen molar-refractivity contribution >= 4 is 11.9 Å². The molecule has 2 aromatic rings. The molecule has 2 N–H and O–H groups in total. The van der Waals surface area contributed by atoms with Crippen molar-refractivity contribution in [1.29, 1.82) is 0 Å². The number of carboxylic acids is 2. The van der Waals surface area contributed by atoms with Gasteiger partial charge in [-0.05, 0) is 68.5 Å². The van der Waals surface area contributed by atoms with E-state index in [0.717, 1.165) is 12.3 Å². The first kappa shape index (κ1) is 29.8. The van der Waals surface area contributed by atoms with Crippen LogP contribution in [0.5, 0.6) is 5.75 Å². The third kappa shape index (κ3) is 10.2. The molecule has 2 aromatic heterocycles. The van der Waals surface area contributed by atoms with Gasteiger partial charge in [-0.2, -0.15) is 26.3 Å². The Hall–Kier alpha value is -3.42. The van der Waals surface area contributed by atoms with Crippen LogP contribution in [-0.2, 0) is 16.1 Å². The van der Waals surface area contributed by atoms with Gasteiger partial charge in [0.05, 0.1) is 18.0 Å². The molecule has 2 fully saturated rings. The maximum atomic E-state index is 10.6. The Bertz CT molecular complexity index is 965. The normalized spacial score (nSPS) is 17.4. The Morgan fingerprint density at radius 2 is 1.51 bits per heavy atom. The molecule has 4 rings (SSSR count). The molecule has 1 spiro atoms. The summed E-state index contributed by atoms with van der Waals surface area (Å²) in [5, 5.41) is 14.2. The molecule has 1 aliphatic heterocycles. The zero-order valence-corrected chi connectivity index (χ0v) is 19.4. The number of carbonyl (C=O) groups is 2. The molecular weight excluding hydrogens is 512 g/mol. The Morgan fingerprint density at radius 3 is 1.95 bits per heavy atom. The van der Waals surface area contributed by atoms with Gasteiger partial charge in [-0.25, -0.2) is 9.59 Å². The van der Waals surface area contributed by atoms with Gasteiger partial charge in [0.25, 0.3) is 0 Å². The number of halogens is 6. The number of pyridine rings is 2. The van der Waals surface area contributed by atoms with E-state index in [4.69, 9.17) is 24.5 Å². The molecule has 2 aliphatic rings. The largest absolute Gasteiger partial charge is 0.490 e. The minimum atomic E-state index is -5.08. The van der Waals surface area contributed by atoms with E-state index in [1.807, 2.05) is 24.4 Å². The van der Waals surface area contributed by atoms with Gasteiger partial charge in [-0.1, -0.05) is 6.07 Å². The Morgan fingerprint density at radius 1 is 0.946 bits per heavy atom. The fourth-order valence-corrected chi connectivity index (χ4v) is 3.91. The molecule has 1 saturated heterocycles. The number of ether oxygens (including phenoxy) is 1. The highest BCUT2D eigenvalue weighted by Gasteiger charge is 2.47. The summed E-state index contributed by atoms with van der Waals surface area (Å²) in [7, 11) is 0. The smallest absolute Gasteiger partial charge is 0.489 e. The summed E-state index contributed by atoms with van der Waals surface area (Å²) in [4.78, 5) is 28.9. The van der Waals surface area contributed by atoms with E-state index in [-0.39, 0.29) is 0 Å². The number of aliphatic carboxylic acids is 2. The predicted molar refractivity (Wildman–Crippen MR) is 116 cm³/mol. The van der Waals surface area contributed by atoms with Crippen molar-refractivity contribution in [2.45, 2.75) is 50.7 Å². The minimum absolute atomic E-state index is 0.376. The average Bonchev–Trinajstić information content (AvgIpc) is 2.80. The highest BCUT2D eigenvalue weighted by atomic mass is 19.4. The lowest BCUT2D eigenvalue weighted by molar-refractivity contribution is -0.193. The third-order valence-corrected chi connectivity index (χ3v) is 5.77. The van der Waals surface area contributed by atoms with Crippen LogP contribution in [0.1, 0.15) is 31.4 Å². The van der Waals surface area contributed by atoms with Gasteiger partial charge >= 0.3 is 24.3 Å². The first-order chi connectivity index (χ1) is 17.2. The van der Waals surface area contributed by atoms with Crippen molar-refractivity contribution < 1.29 is 50.9 Å². The van der Waals surface area contributed by atoms with Crippen molar-refractivity contribution in [3.8, 4) is 5.75 Å². The van der Waals surface area contributed by atoms with Crippen LogP contribution in [0.4, 0.5) is 26.3 Å². The average molecular weight is 537 g/mol. The number of carboxylic acid groups (broad SMARTS) is 2. The van der Waals surface area contributed by atoms with Crippen molar-refractivity contribution in [3.63, 3.8) is 0 Å². The summed E-state index contributed by atoms with van der Waals surface area (Å²) < 4.78 is 69.5. The van der Waals surface area contributed by atoms with E-state index in [9.17, 15) is 26.3 Å². The van der Waals surface area contributed by atoms with Crippen molar-refractivity contribution in [2.75, 3.05) is 13.1 Å². The molecule has 1 saturated carbocycles. The Balaban J connectivity index is 0.000000286. The zero-order valence-electron chi connectivity index (χ0n) is 19.4. The van der Waals surface area contributed by atoms with E-state index in [1.54, 1.807) is 12.4 Å². The molecule has 0 unspecified atom stereocenters. The third-order valence-electron chi connectivity index (χ3n) is 5.77. The van der Waals surface area contributed by atoms with Gasteiger partial charge in [0.15, 0.2) is 0 Å². The second-order valence-electron chi connectivity index (χ2n) is 8.54. The summed E-state index contributed by atoms with van der Waals surface area (Å²) in [6, 6.07) is 10.1. The Kier molecular flexibility index (Phi) is 10.2. The van der Waals surface area contributed by atoms with E-state index >= 15 is 0 Å². The van der Waals surface area contributed by atoms with Gasteiger partial charge in [-0.3, -0.25) is 14.9 Å². The molecule has 14 heteroatoms. The molecular formula is C23H25F6N3O5. The molecule has 0 aromatic carbocycles. The van der Waals surface area contributed by atoms with Gasteiger partial charge < -0.3 is 14.9 Å². The van der Waals surface area contributed by atoms with Crippen molar-refractivity contribution in [1.82, 2.24) is 14.9 Å². The number of piperidine rings is 1. The topological polar surface area (TPSA) is 113 Å². The lowest BCUT2D eigenvalue weighted by atomic mass is 9.61. The summed E-state index contributed by atoms with van der Waals surface area (Å²) in [5.74, 6) is -4.61. The quantitative estimate of drug-likeness (QED) is 0.546. The number of aromatic nitrogens is 2. The van der Waals surface area contributed by atoms with Gasteiger partial charge in [0.1, 0.15) is 5.75 Å². The van der Waals surface area contributed by atoms with E-state index in [2.05, 4.69) is 27.0 Å². The van der Waals surface area contributed by atoms with Crippen molar-refractivity contribution in [2.24, 2.45) is 5.41 Å². The highest BCUT2D eigenvalue weighted by molar-refractivity contribution is 5.73. The van der Waals surface area contributed by atoms with Gasteiger partial charge in [0.2, 0.25) is 0 Å². The second kappa shape index (κ2) is 12.7. The predicted octanol–water partition coefficient (Wildman–Crippen LogP) is 4.57. The first-order valence-corrected chi connectivity index (χ1v) is 11.0. The van der Waals surface area contributed by atoms with Gasteiger partial charge in [0, 0.05) is 18.9 Å². The number of rotatable bonds is 4. The molecule has 204 valence electrons. The maximum absolute atomic E-state index is 10.6. The van der Waals surface area contributed by atoms with Crippen LogP contribution in [0.3, 0.4) is 0 Å². The molecule has 8 nitrogen and oxygen atoms in total. The van der Waals surface area contributed by atoms with Crippen LogP contribution in [0.15, 0.2) is 48.9 Å². The number of nitrogens with zero attached hydrogens (tertiary/aromatic N) is 3. The lowest BCUT2D eigenvalue weighted by Gasteiger charge is -2.51. The summed E-state index contributed by atoms with van der Waals surface area (Å²) in [5.41, 5.74) is 1.70. The van der Waals surface area contributed by atoms with Crippen LogP contribution in [0.2, 0.25) is 0 Å². The molecule has 0 bridgehead atoms. The first-order valence-electron chi connectivity index (χ1n) is 11.0. The van der Waals surface area contributed by atoms with Crippen LogP contribution in [-0.4, -0.2) is 68.6 Å². The molecule has 3 heterocycles. The summed E-state index contributed by atoms with van der Waals surface area (Å²) >= 11 is 0. The molecule has 37 heavy (non-hydrogen) atoms. The second-order valence-corrected chi connectivity index (χ2v) is 8.54. The fraction of sp³-hybridized carbons (Fsp3) is 0.478. The monoisotopic (exact) mass is 537 g/mol. The lowest BCUT2D eigenvalue weighted by Crippen LogP contribution is -2.50. The molecule has 1 aliphatic carbocycles. The number of hydrogen-bond acceptors (Lipinski definition) is 6. The Labute approximate surface area is 207 Å². The van der Waals surface area contributed by atoms with Crippen LogP contribution in [0.25, 0.3) is 0 Å². The standard InChI is InChI=1S/C19H23N3O.2C2HF3O2/c1-2-9-21-16(4-1)15-22-10-6-19(7-11-22)12-18(13-19)23-17-5-3-8-20-14-17;2*3-2(4,5)1(6)7/h1-5,8-9,14,18H,6-7,10-13,15H2;2*(H,6,7). The van der Waals surface area contributed by atoms with Crippen LogP contribution < -0.4 is 4.74 Å². The summed E-state index contributed by atoms with van der Waals surface area (Å²) in [6.45, 7) is 3.33. The van der Waals surface area contributed by atoms with E-state index < -0.39 is 24.3 Å². The molecule has 0 radical (unpaired) electrons. The fourth-order valence-electron chi connectivity index (χ4n) is 3.91. The maximum Gasteiger partial charge on any atom is 0.490 e. The van der Waals surface area contributed by atoms with E-state index in [0.29, 0.717) is 11.5 Å². The number of likely N-dealkylation sites (tertiary alicyclic amines) is 1. The van der Waals surface area contributed by atoms with Crippen LogP contribution in [0, 0.1) is 5.41 Å². The molecule has 0 atom stereocenters. The SMILES string of the molecule is O=C(O)C(F)(F)F.O=C(O)C(F)(F)F.c1ccc(CN2CCC3(CC2)CC(Oc2cccnc2)C3)nc1. The number of alkyl halides is 6. The van der Waals surface area contributed by atoms with Crippen molar-refractivity contribution in [3.05, 3.63) is 54.6 Å². The zero-order chi connectivity index (χ0) is 27.7. The molecule has 0 amide bonds. The summed E-state index contributed by atoms with van der Waals surface area (Å²) in [6.07, 6.45) is 0.638. The number of hydrogen-bond donors (Lipinski definition) is 2.